The Bertz CT molecular complexity index is 454. The Balaban J connectivity index is 2.19. The van der Waals surface area contributed by atoms with Gasteiger partial charge in [-0.3, -0.25) is 0 Å². The number of alkyl carbamates (subject to hydrolysis) is 1. The fourth-order valence-corrected chi connectivity index (χ4v) is 1.32. The lowest BCUT2D eigenvalue weighted by Crippen LogP contribution is -2.25. The zero-order valence-corrected chi connectivity index (χ0v) is 10.8. The van der Waals surface area contributed by atoms with Crippen molar-refractivity contribution in [3.05, 3.63) is 47.5 Å². The number of nitrogens with one attached hydrogen (secondary N) is 1. The maximum absolute atomic E-state index is 11.3. The van der Waals surface area contributed by atoms with E-state index in [0.29, 0.717) is 13.0 Å². The molecule has 0 heterocycles. The van der Waals surface area contributed by atoms with Crippen LogP contribution >= 0.6 is 0 Å². The number of rotatable bonds is 6. The molecule has 2 N–H and O–H groups in total. The molecule has 0 fully saturated rings. The first-order chi connectivity index (χ1) is 9.09. The van der Waals surface area contributed by atoms with Gasteiger partial charge in [-0.2, -0.15) is 0 Å². The minimum absolute atomic E-state index is 0.219. The van der Waals surface area contributed by atoms with Crippen LogP contribution in [0.1, 0.15) is 18.9 Å². The van der Waals surface area contributed by atoms with E-state index in [1.165, 1.54) is 6.92 Å². The van der Waals surface area contributed by atoms with E-state index in [4.69, 9.17) is 9.84 Å². The van der Waals surface area contributed by atoms with Crippen LogP contribution in [-0.2, 0) is 16.1 Å². The van der Waals surface area contributed by atoms with Crippen LogP contribution in [0.4, 0.5) is 4.79 Å². The van der Waals surface area contributed by atoms with Crippen LogP contribution in [0, 0.1) is 0 Å². The van der Waals surface area contributed by atoms with Gasteiger partial charge in [0.25, 0.3) is 0 Å². The van der Waals surface area contributed by atoms with Crippen LogP contribution in [-0.4, -0.2) is 23.7 Å². The predicted molar refractivity (Wildman–Crippen MR) is 70.6 cm³/mol. The third-order valence-electron chi connectivity index (χ3n) is 2.41. The number of hydrogen-bond donors (Lipinski definition) is 2. The van der Waals surface area contributed by atoms with Crippen LogP contribution in [0.2, 0.25) is 0 Å². The van der Waals surface area contributed by atoms with E-state index in [-0.39, 0.29) is 12.2 Å². The third kappa shape index (κ3) is 6.26. The van der Waals surface area contributed by atoms with Crippen LogP contribution in [0.15, 0.2) is 42.0 Å². The molecule has 0 saturated heterocycles. The van der Waals surface area contributed by atoms with Gasteiger partial charge in [-0.25, -0.2) is 9.59 Å². The summed E-state index contributed by atoms with van der Waals surface area (Å²) in [6.45, 7) is 2.07. The van der Waals surface area contributed by atoms with Gasteiger partial charge in [-0.15, -0.1) is 0 Å². The van der Waals surface area contributed by atoms with E-state index in [9.17, 15) is 9.59 Å². The van der Waals surface area contributed by atoms with Crippen molar-refractivity contribution >= 4 is 12.1 Å². The molecule has 0 radical (unpaired) electrons. The summed E-state index contributed by atoms with van der Waals surface area (Å²) >= 11 is 0. The number of ether oxygens (including phenoxy) is 1. The van der Waals surface area contributed by atoms with Crippen molar-refractivity contribution in [1.82, 2.24) is 5.32 Å². The number of aliphatic carboxylic acids is 1. The van der Waals surface area contributed by atoms with Crippen molar-refractivity contribution in [1.29, 1.82) is 0 Å². The van der Waals surface area contributed by atoms with E-state index in [2.05, 4.69) is 5.32 Å². The van der Waals surface area contributed by atoms with Crippen molar-refractivity contribution in [3.63, 3.8) is 0 Å². The summed E-state index contributed by atoms with van der Waals surface area (Å²) in [7, 11) is 0. The molecule has 102 valence electrons. The molecule has 0 aliphatic heterocycles. The number of carboxylic acid groups (broad SMARTS) is 1. The summed E-state index contributed by atoms with van der Waals surface area (Å²) in [5.41, 5.74) is 1.18. The molecule has 0 aromatic heterocycles. The summed E-state index contributed by atoms with van der Waals surface area (Å²) in [6, 6.07) is 9.37. The number of carboxylic acids is 1. The van der Waals surface area contributed by atoms with Crippen molar-refractivity contribution in [3.8, 4) is 0 Å². The molecule has 0 aliphatic rings. The van der Waals surface area contributed by atoms with Gasteiger partial charge < -0.3 is 15.2 Å². The molecule has 1 aromatic rings. The first kappa shape index (κ1) is 14.8. The number of benzene rings is 1. The van der Waals surface area contributed by atoms with Gasteiger partial charge in [0.05, 0.1) is 0 Å². The van der Waals surface area contributed by atoms with Crippen molar-refractivity contribution in [2.45, 2.75) is 20.0 Å². The van der Waals surface area contributed by atoms with E-state index in [1.54, 1.807) is 6.08 Å². The molecule has 0 unspecified atom stereocenters. The van der Waals surface area contributed by atoms with Gasteiger partial charge in [0.2, 0.25) is 0 Å². The Kier molecular flexibility index (Phi) is 6.15. The topological polar surface area (TPSA) is 75.6 Å². The molecule has 5 heteroatoms. The highest BCUT2D eigenvalue weighted by atomic mass is 16.5. The molecule has 1 amide bonds. The lowest BCUT2D eigenvalue weighted by atomic mass is 10.2. The number of hydrogen-bond acceptors (Lipinski definition) is 3. The maximum Gasteiger partial charge on any atom is 0.407 e. The predicted octanol–water partition coefficient (Wildman–Crippen LogP) is 2.33. The maximum atomic E-state index is 11.3. The Labute approximate surface area is 111 Å². The second kappa shape index (κ2) is 7.92. The Morgan fingerprint density at radius 3 is 2.63 bits per heavy atom. The monoisotopic (exact) mass is 263 g/mol. The summed E-state index contributed by atoms with van der Waals surface area (Å²) in [5.74, 6) is -0.952. The van der Waals surface area contributed by atoms with Crippen LogP contribution < -0.4 is 5.32 Å². The molecular weight excluding hydrogens is 246 g/mol. The molecule has 19 heavy (non-hydrogen) atoms. The fraction of sp³-hybridized carbons (Fsp3) is 0.286. The molecule has 5 nitrogen and oxygen atoms in total. The number of amides is 1. The molecule has 1 aromatic carbocycles. The van der Waals surface area contributed by atoms with Crippen molar-refractivity contribution < 1.29 is 19.4 Å². The standard InChI is InChI=1S/C14H17NO4/c1-11(13(16)17)6-5-9-15-14(18)19-10-12-7-3-2-4-8-12/h2-4,6-8H,5,9-10H2,1H3,(H,15,18)(H,16,17)/b11-6+. The zero-order valence-electron chi connectivity index (χ0n) is 10.8. The second-order valence-corrected chi connectivity index (χ2v) is 3.97. The number of carbonyl (C=O) groups excluding carboxylic acids is 1. The summed E-state index contributed by atoms with van der Waals surface area (Å²) in [4.78, 5) is 21.8. The average molecular weight is 263 g/mol. The second-order valence-electron chi connectivity index (χ2n) is 3.97. The highest BCUT2D eigenvalue weighted by Gasteiger charge is 2.02. The Hall–Kier alpha value is -2.30. The minimum atomic E-state index is -0.952. The van der Waals surface area contributed by atoms with Crippen LogP contribution in [0.25, 0.3) is 0 Å². The lowest BCUT2D eigenvalue weighted by Gasteiger charge is -2.06. The molecule has 0 aliphatic carbocycles. The van der Waals surface area contributed by atoms with E-state index < -0.39 is 12.1 Å². The zero-order chi connectivity index (χ0) is 14.1. The van der Waals surface area contributed by atoms with Gasteiger partial charge >= 0.3 is 12.1 Å². The van der Waals surface area contributed by atoms with Gasteiger partial charge in [-0.05, 0) is 18.9 Å². The summed E-state index contributed by atoms with van der Waals surface area (Å²) in [6.07, 6.45) is 1.50. The van der Waals surface area contributed by atoms with Gasteiger partial charge in [-0.1, -0.05) is 36.4 Å². The molecule has 0 spiro atoms. The number of carbonyl (C=O) groups is 2. The highest BCUT2D eigenvalue weighted by molar-refractivity contribution is 5.85. The molecular formula is C14H17NO4. The van der Waals surface area contributed by atoms with E-state index >= 15 is 0 Å². The normalized spacial score (nSPS) is 10.9. The lowest BCUT2D eigenvalue weighted by molar-refractivity contribution is -0.132. The fourth-order valence-electron chi connectivity index (χ4n) is 1.32. The smallest absolute Gasteiger partial charge is 0.407 e. The average Bonchev–Trinajstić information content (AvgIpc) is 2.42. The Morgan fingerprint density at radius 2 is 2.00 bits per heavy atom. The molecule has 1 rings (SSSR count). The first-order valence-electron chi connectivity index (χ1n) is 5.94. The first-order valence-corrected chi connectivity index (χ1v) is 5.94. The van der Waals surface area contributed by atoms with Crippen molar-refractivity contribution in [2.24, 2.45) is 0 Å². The largest absolute Gasteiger partial charge is 0.478 e. The Morgan fingerprint density at radius 1 is 1.32 bits per heavy atom. The molecule has 0 bridgehead atoms. The van der Waals surface area contributed by atoms with Gasteiger partial charge in [0.15, 0.2) is 0 Å². The van der Waals surface area contributed by atoms with Crippen LogP contribution in [0.5, 0.6) is 0 Å². The SMILES string of the molecule is C/C(=C\CCNC(=O)OCc1ccccc1)C(=O)O. The summed E-state index contributed by atoms with van der Waals surface area (Å²) in [5, 5.41) is 11.2. The molecule has 0 saturated carbocycles. The van der Waals surface area contributed by atoms with Gasteiger partial charge in [0, 0.05) is 12.1 Å². The third-order valence-corrected chi connectivity index (χ3v) is 2.41. The molecule has 0 atom stereocenters. The highest BCUT2D eigenvalue weighted by Crippen LogP contribution is 2.00. The van der Waals surface area contributed by atoms with E-state index in [1.807, 2.05) is 30.3 Å². The van der Waals surface area contributed by atoms with Crippen LogP contribution in [0.3, 0.4) is 0 Å². The minimum Gasteiger partial charge on any atom is -0.478 e. The van der Waals surface area contributed by atoms with E-state index in [0.717, 1.165) is 5.56 Å². The quantitative estimate of drug-likeness (QED) is 0.610. The summed E-state index contributed by atoms with van der Waals surface area (Å²) < 4.78 is 5.00. The van der Waals surface area contributed by atoms with Crippen molar-refractivity contribution in [2.75, 3.05) is 6.54 Å². The van der Waals surface area contributed by atoms with Gasteiger partial charge in [0.1, 0.15) is 6.61 Å².